The smallest absolute Gasteiger partial charge is 0.343 e. The molecule has 0 N–H and O–H groups in total. The number of esters is 1. The molecule has 5 rings (SSSR count). The van der Waals surface area contributed by atoms with E-state index in [1.807, 2.05) is 42.5 Å². The van der Waals surface area contributed by atoms with Gasteiger partial charge in [0.1, 0.15) is 11.5 Å². The highest BCUT2D eigenvalue weighted by molar-refractivity contribution is 9.10. The molecule has 1 aliphatic heterocycles. The van der Waals surface area contributed by atoms with Gasteiger partial charge in [0.25, 0.3) is 0 Å². The molecule has 0 fully saturated rings. The second-order valence-electron chi connectivity index (χ2n) is 7.89. The van der Waals surface area contributed by atoms with E-state index in [0.29, 0.717) is 28.2 Å². The van der Waals surface area contributed by atoms with Crippen molar-refractivity contribution in [2.75, 3.05) is 0 Å². The molecule has 166 valence electrons. The summed E-state index contributed by atoms with van der Waals surface area (Å²) in [4.78, 5) is 25.4. The fourth-order valence-electron chi connectivity index (χ4n) is 3.78. The summed E-state index contributed by atoms with van der Waals surface area (Å²) in [6.45, 7) is 1.77. The molecule has 0 unspecified atom stereocenters. The number of hydrogen-bond acceptors (Lipinski definition) is 4. The standard InChI is InChI=1S/C29H19BrO4/c1-18-25(34-29(32)22-11-13-23(30)14-12-22)16-15-24-27(31)26(33-28(18)24)17-19-7-9-21(10-8-19)20-5-3-2-4-6-20/h2-17H,1H3/b26-17-. The predicted molar refractivity (Wildman–Crippen MR) is 135 cm³/mol. The third kappa shape index (κ3) is 4.30. The average Bonchev–Trinajstić information content (AvgIpc) is 3.18. The Hall–Kier alpha value is -3.96. The summed E-state index contributed by atoms with van der Waals surface area (Å²) in [7, 11) is 0. The number of carbonyl (C=O) groups is 2. The molecule has 4 aromatic rings. The minimum Gasteiger partial charge on any atom is -0.452 e. The van der Waals surface area contributed by atoms with Crippen molar-refractivity contribution in [1.29, 1.82) is 0 Å². The monoisotopic (exact) mass is 510 g/mol. The second kappa shape index (κ2) is 9.12. The number of carbonyl (C=O) groups excluding carboxylic acids is 2. The number of benzene rings is 4. The Balaban J connectivity index is 1.37. The van der Waals surface area contributed by atoms with E-state index in [4.69, 9.17) is 9.47 Å². The lowest BCUT2D eigenvalue weighted by Gasteiger charge is -2.10. The summed E-state index contributed by atoms with van der Waals surface area (Å²) in [6, 6.07) is 28.2. The van der Waals surface area contributed by atoms with Crippen LogP contribution in [0.1, 0.15) is 31.8 Å². The van der Waals surface area contributed by atoms with E-state index in [0.717, 1.165) is 21.2 Å². The largest absolute Gasteiger partial charge is 0.452 e. The number of allylic oxidation sites excluding steroid dienone is 1. The zero-order chi connectivity index (χ0) is 23.7. The van der Waals surface area contributed by atoms with E-state index in [1.165, 1.54) is 0 Å². The van der Waals surface area contributed by atoms with Crippen LogP contribution < -0.4 is 9.47 Å². The van der Waals surface area contributed by atoms with Gasteiger partial charge in [-0.1, -0.05) is 70.5 Å². The van der Waals surface area contributed by atoms with E-state index in [2.05, 4.69) is 28.1 Å². The lowest BCUT2D eigenvalue weighted by molar-refractivity contribution is 0.0733. The van der Waals surface area contributed by atoms with Gasteiger partial charge in [0.05, 0.1) is 11.1 Å². The molecular weight excluding hydrogens is 492 g/mol. The normalized spacial score (nSPS) is 13.5. The van der Waals surface area contributed by atoms with Crippen LogP contribution in [0.25, 0.3) is 17.2 Å². The Bertz CT molecular complexity index is 1420. The summed E-state index contributed by atoms with van der Waals surface area (Å²) in [5.74, 6) is 0.332. The molecule has 1 aliphatic rings. The van der Waals surface area contributed by atoms with Gasteiger partial charge in [0.2, 0.25) is 5.78 Å². The van der Waals surface area contributed by atoms with Crippen LogP contribution in [0, 0.1) is 6.92 Å². The van der Waals surface area contributed by atoms with Crippen LogP contribution >= 0.6 is 15.9 Å². The first kappa shape index (κ1) is 21.9. The van der Waals surface area contributed by atoms with Crippen molar-refractivity contribution in [3.8, 4) is 22.6 Å². The maximum Gasteiger partial charge on any atom is 0.343 e. The van der Waals surface area contributed by atoms with Crippen LogP contribution in [-0.2, 0) is 0 Å². The molecule has 0 atom stereocenters. The topological polar surface area (TPSA) is 52.6 Å². The molecule has 0 saturated carbocycles. The Labute approximate surface area is 205 Å². The predicted octanol–water partition coefficient (Wildman–Crippen LogP) is 7.26. The van der Waals surface area contributed by atoms with E-state index in [1.54, 1.807) is 49.4 Å². The van der Waals surface area contributed by atoms with Gasteiger partial charge in [-0.3, -0.25) is 4.79 Å². The zero-order valence-corrected chi connectivity index (χ0v) is 19.8. The summed E-state index contributed by atoms with van der Waals surface area (Å²) in [6.07, 6.45) is 1.73. The molecule has 0 aliphatic carbocycles. The SMILES string of the molecule is Cc1c(OC(=O)c2ccc(Br)cc2)ccc2c1O/C(=C\c1ccc(-c3ccccc3)cc1)C2=O. The first-order valence-corrected chi connectivity index (χ1v) is 11.5. The summed E-state index contributed by atoms with van der Waals surface area (Å²) >= 11 is 3.35. The zero-order valence-electron chi connectivity index (χ0n) is 18.2. The Morgan fingerprint density at radius 1 is 0.853 bits per heavy atom. The van der Waals surface area contributed by atoms with E-state index < -0.39 is 5.97 Å². The number of rotatable bonds is 4. The maximum absolute atomic E-state index is 12.9. The Morgan fingerprint density at radius 2 is 1.53 bits per heavy atom. The molecule has 0 saturated heterocycles. The van der Waals surface area contributed by atoms with Crippen molar-refractivity contribution in [3.63, 3.8) is 0 Å². The van der Waals surface area contributed by atoms with Crippen LogP contribution in [0.4, 0.5) is 0 Å². The Kier molecular flexibility index (Phi) is 5.86. The van der Waals surface area contributed by atoms with Crippen LogP contribution in [0.15, 0.2) is 101 Å². The summed E-state index contributed by atoms with van der Waals surface area (Å²) in [5, 5.41) is 0. The lowest BCUT2D eigenvalue weighted by Crippen LogP contribution is -2.09. The molecule has 34 heavy (non-hydrogen) atoms. The average molecular weight is 511 g/mol. The van der Waals surface area contributed by atoms with Crippen molar-refractivity contribution in [3.05, 3.63) is 123 Å². The fraction of sp³-hybridized carbons (Fsp3) is 0.0345. The van der Waals surface area contributed by atoms with Gasteiger partial charge in [0.15, 0.2) is 5.76 Å². The van der Waals surface area contributed by atoms with Gasteiger partial charge in [-0.2, -0.15) is 0 Å². The van der Waals surface area contributed by atoms with Gasteiger partial charge in [-0.15, -0.1) is 0 Å². The molecule has 1 heterocycles. The van der Waals surface area contributed by atoms with Gasteiger partial charge in [-0.05, 0) is 66.1 Å². The van der Waals surface area contributed by atoms with Crippen LogP contribution in [0.5, 0.6) is 11.5 Å². The van der Waals surface area contributed by atoms with Crippen molar-refractivity contribution in [2.45, 2.75) is 6.92 Å². The number of hydrogen-bond donors (Lipinski definition) is 0. The maximum atomic E-state index is 12.9. The molecule has 4 nitrogen and oxygen atoms in total. The Morgan fingerprint density at radius 3 is 2.24 bits per heavy atom. The third-order valence-corrected chi connectivity index (χ3v) is 6.16. The van der Waals surface area contributed by atoms with Crippen LogP contribution in [-0.4, -0.2) is 11.8 Å². The van der Waals surface area contributed by atoms with Gasteiger partial charge < -0.3 is 9.47 Å². The molecule has 0 spiro atoms. The number of halogens is 1. The molecule has 5 heteroatoms. The lowest BCUT2D eigenvalue weighted by atomic mass is 10.0. The highest BCUT2D eigenvalue weighted by atomic mass is 79.9. The second-order valence-corrected chi connectivity index (χ2v) is 8.81. The number of fused-ring (bicyclic) bond motifs is 1. The molecule has 4 aromatic carbocycles. The molecule has 0 bridgehead atoms. The third-order valence-electron chi connectivity index (χ3n) is 5.63. The van der Waals surface area contributed by atoms with Gasteiger partial charge >= 0.3 is 5.97 Å². The van der Waals surface area contributed by atoms with E-state index in [9.17, 15) is 9.59 Å². The number of Topliss-reactive ketones (excluding diaryl/α,β-unsaturated/α-hetero) is 1. The summed E-state index contributed by atoms with van der Waals surface area (Å²) < 4.78 is 12.4. The van der Waals surface area contributed by atoms with Gasteiger partial charge in [0, 0.05) is 10.0 Å². The summed E-state index contributed by atoms with van der Waals surface area (Å²) in [5.41, 5.74) is 4.56. The van der Waals surface area contributed by atoms with E-state index in [-0.39, 0.29) is 11.5 Å². The minimum atomic E-state index is -0.478. The minimum absolute atomic E-state index is 0.198. The van der Waals surface area contributed by atoms with Crippen LogP contribution in [0.3, 0.4) is 0 Å². The van der Waals surface area contributed by atoms with Gasteiger partial charge in [-0.25, -0.2) is 4.79 Å². The first-order valence-electron chi connectivity index (χ1n) is 10.7. The van der Waals surface area contributed by atoms with Crippen molar-refractivity contribution < 1.29 is 19.1 Å². The van der Waals surface area contributed by atoms with Crippen molar-refractivity contribution in [1.82, 2.24) is 0 Å². The molecule has 0 amide bonds. The first-order chi connectivity index (χ1) is 16.5. The number of ketones is 1. The molecular formula is C29H19BrO4. The van der Waals surface area contributed by atoms with Crippen molar-refractivity contribution in [2.24, 2.45) is 0 Å². The van der Waals surface area contributed by atoms with Crippen LogP contribution in [0.2, 0.25) is 0 Å². The fourth-order valence-corrected chi connectivity index (χ4v) is 4.04. The highest BCUT2D eigenvalue weighted by Gasteiger charge is 2.30. The van der Waals surface area contributed by atoms with Crippen molar-refractivity contribution >= 4 is 33.8 Å². The molecule has 0 aromatic heterocycles. The number of ether oxygens (including phenoxy) is 2. The highest BCUT2D eigenvalue weighted by Crippen LogP contribution is 2.39. The quantitative estimate of drug-likeness (QED) is 0.164. The molecule has 0 radical (unpaired) electrons. The van der Waals surface area contributed by atoms with E-state index >= 15 is 0 Å².